The van der Waals surface area contributed by atoms with Gasteiger partial charge in [-0.3, -0.25) is 4.79 Å². The van der Waals surface area contributed by atoms with Crippen molar-refractivity contribution >= 4 is 5.78 Å². The van der Waals surface area contributed by atoms with Gasteiger partial charge >= 0.3 is 0 Å². The average Bonchev–Trinajstić information content (AvgIpc) is 2.35. The Bertz CT molecular complexity index is 398. The van der Waals surface area contributed by atoms with E-state index in [1.165, 1.54) is 12.0 Å². The van der Waals surface area contributed by atoms with Crippen LogP contribution >= 0.6 is 0 Å². The van der Waals surface area contributed by atoms with Gasteiger partial charge in [-0.2, -0.15) is 0 Å². The van der Waals surface area contributed by atoms with Crippen LogP contribution in [0, 0.1) is 5.41 Å². The second kappa shape index (κ2) is 5.66. The van der Waals surface area contributed by atoms with Gasteiger partial charge in [-0.1, -0.05) is 37.6 Å². The monoisotopic (exact) mass is 245 g/mol. The SMILES string of the molecule is CCc1ccc(CC(=O)CC2(CN)CCC2)cc1. The summed E-state index contributed by atoms with van der Waals surface area (Å²) in [5, 5.41) is 0. The van der Waals surface area contributed by atoms with E-state index in [0.29, 0.717) is 25.2 Å². The van der Waals surface area contributed by atoms with Crippen molar-refractivity contribution in [1.82, 2.24) is 0 Å². The van der Waals surface area contributed by atoms with Crippen molar-refractivity contribution in [2.24, 2.45) is 11.1 Å². The number of carbonyl (C=O) groups excluding carboxylic acids is 1. The molecule has 0 amide bonds. The van der Waals surface area contributed by atoms with Crippen molar-refractivity contribution in [3.63, 3.8) is 0 Å². The van der Waals surface area contributed by atoms with Crippen LogP contribution in [-0.4, -0.2) is 12.3 Å². The van der Waals surface area contributed by atoms with E-state index >= 15 is 0 Å². The van der Waals surface area contributed by atoms with E-state index in [1.54, 1.807) is 0 Å². The van der Waals surface area contributed by atoms with Gasteiger partial charge < -0.3 is 5.73 Å². The summed E-state index contributed by atoms with van der Waals surface area (Å²) in [6.45, 7) is 2.80. The van der Waals surface area contributed by atoms with Crippen LogP contribution in [0.3, 0.4) is 0 Å². The average molecular weight is 245 g/mol. The molecule has 0 saturated heterocycles. The zero-order valence-electron chi connectivity index (χ0n) is 11.2. The molecule has 1 aromatic carbocycles. The summed E-state index contributed by atoms with van der Waals surface area (Å²) in [6.07, 6.45) is 5.76. The predicted octanol–water partition coefficient (Wildman–Crippen LogP) is 2.88. The van der Waals surface area contributed by atoms with E-state index in [-0.39, 0.29) is 5.41 Å². The molecule has 0 aliphatic heterocycles. The minimum absolute atomic E-state index is 0.139. The van der Waals surface area contributed by atoms with Crippen LogP contribution in [-0.2, 0) is 17.6 Å². The second-order valence-electron chi connectivity index (χ2n) is 5.62. The Kier molecular flexibility index (Phi) is 4.18. The Morgan fingerprint density at radius 3 is 2.28 bits per heavy atom. The van der Waals surface area contributed by atoms with Crippen molar-refractivity contribution in [3.8, 4) is 0 Å². The van der Waals surface area contributed by atoms with E-state index in [4.69, 9.17) is 5.73 Å². The highest BCUT2D eigenvalue weighted by atomic mass is 16.1. The van der Waals surface area contributed by atoms with Crippen LogP contribution < -0.4 is 5.73 Å². The molecule has 0 bridgehead atoms. The molecule has 0 heterocycles. The Balaban J connectivity index is 1.90. The Morgan fingerprint density at radius 1 is 1.22 bits per heavy atom. The summed E-state index contributed by atoms with van der Waals surface area (Å²) in [5.41, 5.74) is 8.39. The fourth-order valence-corrected chi connectivity index (χ4v) is 2.73. The highest BCUT2D eigenvalue weighted by molar-refractivity contribution is 5.81. The van der Waals surface area contributed by atoms with Crippen molar-refractivity contribution in [2.75, 3.05) is 6.54 Å². The lowest BCUT2D eigenvalue weighted by molar-refractivity contribution is -0.122. The first kappa shape index (κ1) is 13.3. The number of carbonyl (C=O) groups is 1. The van der Waals surface area contributed by atoms with Crippen LogP contribution in [0.25, 0.3) is 0 Å². The standard InChI is InChI=1S/C16H23NO/c1-2-13-4-6-14(7-5-13)10-15(18)11-16(12-17)8-3-9-16/h4-7H,2-3,8-12,17H2,1H3. The molecule has 2 rings (SSSR count). The fraction of sp³-hybridized carbons (Fsp3) is 0.562. The molecule has 2 heteroatoms. The van der Waals surface area contributed by atoms with E-state index < -0.39 is 0 Å². The van der Waals surface area contributed by atoms with Gasteiger partial charge in [0, 0.05) is 12.8 Å². The summed E-state index contributed by atoms with van der Waals surface area (Å²) in [4.78, 5) is 12.1. The summed E-state index contributed by atoms with van der Waals surface area (Å²) < 4.78 is 0. The zero-order chi connectivity index (χ0) is 13.0. The van der Waals surface area contributed by atoms with E-state index in [1.807, 2.05) is 0 Å². The third-order valence-electron chi connectivity index (χ3n) is 4.25. The molecule has 0 radical (unpaired) electrons. The van der Waals surface area contributed by atoms with Gasteiger partial charge in [0.15, 0.2) is 0 Å². The molecule has 0 unspecified atom stereocenters. The smallest absolute Gasteiger partial charge is 0.137 e. The third kappa shape index (κ3) is 2.99. The normalized spacial score (nSPS) is 17.2. The number of hydrogen-bond acceptors (Lipinski definition) is 2. The van der Waals surface area contributed by atoms with Crippen LogP contribution in [0.1, 0.15) is 43.7 Å². The van der Waals surface area contributed by atoms with Crippen molar-refractivity contribution in [3.05, 3.63) is 35.4 Å². The quantitative estimate of drug-likeness (QED) is 0.837. The molecule has 18 heavy (non-hydrogen) atoms. The summed E-state index contributed by atoms with van der Waals surface area (Å²) >= 11 is 0. The molecular weight excluding hydrogens is 222 g/mol. The Morgan fingerprint density at radius 2 is 1.83 bits per heavy atom. The lowest BCUT2D eigenvalue weighted by Crippen LogP contribution is -2.39. The zero-order valence-corrected chi connectivity index (χ0v) is 11.2. The number of Topliss-reactive ketones (excluding diaryl/α,β-unsaturated/α-hetero) is 1. The maximum atomic E-state index is 12.1. The minimum atomic E-state index is 0.139. The van der Waals surface area contributed by atoms with Crippen molar-refractivity contribution in [1.29, 1.82) is 0 Å². The summed E-state index contributed by atoms with van der Waals surface area (Å²) in [6, 6.07) is 8.38. The highest BCUT2D eigenvalue weighted by Gasteiger charge is 2.37. The van der Waals surface area contributed by atoms with Crippen LogP contribution in [0.2, 0.25) is 0 Å². The molecule has 0 aromatic heterocycles. The summed E-state index contributed by atoms with van der Waals surface area (Å²) in [7, 11) is 0. The molecule has 2 nitrogen and oxygen atoms in total. The first-order chi connectivity index (χ1) is 8.67. The predicted molar refractivity (Wildman–Crippen MR) is 74.5 cm³/mol. The Hall–Kier alpha value is -1.15. The van der Waals surface area contributed by atoms with Gasteiger partial charge in [0.1, 0.15) is 5.78 Å². The number of nitrogens with two attached hydrogens (primary N) is 1. The fourth-order valence-electron chi connectivity index (χ4n) is 2.73. The molecule has 0 spiro atoms. The third-order valence-corrected chi connectivity index (χ3v) is 4.25. The largest absolute Gasteiger partial charge is 0.330 e. The lowest BCUT2D eigenvalue weighted by atomic mass is 9.65. The van der Waals surface area contributed by atoms with Gasteiger partial charge in [0.25, 0.3) is 0 Å². The molecule has 1 aliphatic carbocycles. The van der Waals surface area contributed by atoms with Gasteiger partial charge in [-0.25, -0.2) is 0 Å². The topological polar surface area (TPSA) is 43.1 Å². The minimum Gasteiger partial charge on any atom is -0.330 e. The molecule has 1 aromatic rings. The first-order valence-electron chi connectivity index (χ1n) is 6.97. The van der Waals surface area contributed by atoms with Crippen LogP contribution in [0.5, 0.6) is 0 Å². The number of hydrogen-bond donors (Lipinski definition) is 1. The summed E-state index contributed by atoms with van der Waals surface area (Å²) in [5.74, 6) is 0.337. The number of aryl methyl sites for hydroxylation is 1. The molecule has 1 aliphatic rings. The van der Waals surface area contributed by atoms with E-state index in [9.17, 15) is 4.79 Å². The van der Waals surface area contributed by atoms with Crippen molar-refractivity contribution in [2.45, 2.75) is 45.4 Å². The first-order valence-corrected chi connectivity index (χ1v) is 6.97. The van der Waals surface area contributed by atoms with E-state index in [2.05, 4.69) is 31.2 Å². The molecule has 1 saturated carbocycles. The van der Waals surface area contributed by atoms with Gasteiger partial charge in [-0.05, 0) is 42.3 Å². The Labute approximate surface area is 110 Å². The number of ketones is 1. The molecule has 98 valence electrons. The molecule has 2 N–H and O–H groups in total. The van der Waals surface area contributed by atoms with Gasteiger partial charge in [-0.15, -0.1) is 0 Å². The molecule has 0 atom stereocenters. The molecular formula is C16H23NO. The lowest BCUT2D eigenvalue weighted by Gasteiger charge is -2.40. The van der Waals surface area contributed by atoms with E-state index in [0.717, 1.165) is 24.8 Å². The van der Waals surface area contributed by atoms with Crippen LogP contribution in [0.4, 0.5) is 0 Å². The molecule has 1 fully saturated rings. The maximum Gasteiger partial charge on any atom is 0.137 e. The highest BCUT2D eigenvalue weighted by Crippen LogP contribution is 2.43. The van der Waals surface area contributed by atoms with Crippen molar-refractivity contribution < 1.29 is 4.79 Å². The maximum absolute atomic E-state index is 12.1. The number of rotatable bonds is 6. The second-order valence-corrected chi connectivity index (χ2v) is 5.62. The van der Waals surface area contributed by atoms with Gasteiger partial charge in [0.05, 0.1) is 0 Å². The van der Waals surface area contributed by atoms with Crippen LogP contribution in [0.15, 0.2) is 24.3 Å². The van der Waals surface area contributed by atoms with Gasteiger partial charge in [0.2, 0.25) is 0 Å². The number of benzene rings is 1.